The van der Waals surface area contributed by atoms with Gasteiger partial charge in [0.25, 0.3) is 5.56 Å². The third-order valence-electron chi connectivity index (χ3n) is 2.65. The molecule has 0 saturated carbocycles. The van der Waals surface area contributed by atoms with Crippen molar-refractivity contribution in [2.24, 2.45) is 0 Å². The Labute approximate surface area is 125 Å². The van der Waals surface area contributed by atoms with Gasteiger partial charge in [-0.25, -0.2) is 9.89 Å². The van der Waals surface area contributed by atoms with E-state index in [1.54, 1.807) is 12.1 Å². The normalized spacial score (nSPS) is 10.0. The molecule has 0 unspecified atom stereocenters. The summed E-state index contributed by atoms with van der Waals surface area (Å²) in [6.07, 6.45) is 0. The molecule has 2 amide bonds. The molecule has 0 aliphatic heterocycles. The predicted octanol–water partition coefficient (Wildman–Crippen LogP) is 2.38. The highest BCUT2D eigenvalue weighted by Gasteiger charge is 2.10. The van der Waals surface area contributed by atoms with Crippen LogP contribution in [0.3, 0.4) is 0 Å². The average molecular weight is 309 g/mol. The molecule has 1 aromatic heterocycles. The highest BCUT2D eigenvalue weighted by molar-refractivity contribution is 6.31. The maximum atomic E-state index is 11.9. The lowest BCUT2D eigenvalue weighted by Crippen LogP contribution is -2.21. The summed E-state index contributed by atoms with van der Waals surface area (Å²) in [7, 11) is 1.48. The summed E-state index contributed by atoms with van der Waals surface area (Å²) in [6, 6.07) is 5.44. The van der Waals surface area contributed by atoms with E-state index in [1.807, 2.05) is 6.92 Å². The highest BCUT2D eigenvalue weighted by atomic mass is 35.5. The van der Waals surface area contributed by atoms with Crippen LogP contribution in [0.4, 0.5) is 16.3 Å². The summed E-state index contributed by atoms with van der Waals surface area (Å²) in [5.41, 5.74) is 0.923. The Hall–Kier alpha value is -2.54. The van der Waals surface area contributed by atoms with Gasteiger partial charge in [0.1, 0.15) is 5.75 Å². The quantitative estimate of drug-likeness (QED) is 0.811. The van der Waals surface area contributed by atoms with Crippen LogP contribution in [0.25, 0.3) is 0 Å². The van der Waals surface area contributed by atoms with E-state index in [0.717, 1.165) is 5.56 Å². The average Bonchev–Trinajstić information content (AvgIpc) is 2.45. The number of aromatic nitrogens is 2. The number of hydrogen-bond donors (Lipinski definition) is 3. The number of aromatic amines is 1. The zero-order valence-corrected chi connectivity index (χ0v) is 12.1. The van der Waals surface area contributed by atoms with Gasteiger partial charge >= 0.3 is 6.03 Å². The number of halogens is 1. The fraction of sp³-hybridized carbons (Fsp3) is 0.154. The van der Waals surface area contributed by atoms with Crippen molar-refractivity contribution >= 4 is 29.1 Å². The van der Waals surface area contributed by atoms with E-state index in [4.69, 9.17) is 16.3 Å². The molecule has 0 atom stereocenters. The zero-order valence-electron chi connectivity index (χ0n) is 11.4. The Bertz CT molecular complexity index is 709. The summed E-state index contributed by atoms with van der Waals surface area (Å²) in [6.45, 7) is 1.81. The Balaban J connectivity index is 2.14. The van der Waals surface area contributed by atoms with E-state index >= 15 is 0 Å². The number of aryl methyl sites for hydroxylation is 1. The lowest BCUT2D eigenvalue weighted by Gasteiger charge is -2.12. The van der Waals surface area contributed by atoms with Gasteiger partial charge in [-0.2, -0.15) is 5.10 Å². The number of methoxy groups -OCH3 is 1. The van der Waals surface area contributed by atoms with Crippen molar-refractivity contribution in [1.29, 1.82) is 0 Å². The fourth-order valence-corrected chi connectivity index (χ4v) is 1.77. The molecule has 2 rings (SSSR count). The van der Waals surface area contributed by atoms with E-state index in [1.165, 1.54) is 19.2 Å². The van der Waals surface area contributed by atoms with Crippen LogP contribution >= 0.6 is 11.6 Å². The third-order valence-corrected chi connectivity index (χ3v) is 3.06. The lowest BCUT2D eigenvalue weighted by molar-refractivity contribution is 0.262. The molecule has 3 N–H and O–H groups in total. The van der Waals surface area contributed by atoms with Crippen LogP contribution in [0.5, 0.6) is 5.75 Å². The number of nitrogens with one attached hydrogen (secondary N) is 3. The largest absolute Gasteiger partial charge is 0.495 e. The SMILES string of the molecule is COc1cc(Cl)c(C)cc1NC(=O)Nc1ccc(=O)[nH]n1. The first kappa shape index (κ1) is 14.9. The number of H-pyrrole nitrogens is 1. The molecule has 0 aliphatic carbocycles. The minimum absolute atomic E-state index is 0.219. The number of ether oxygens (including phenoxy) is 1. The molecule has 110 valence electrons. The number of carbonyl (C=O) groups is 1. The summed E-state index contributed by atoms with van der Waals surface area (Å²) < 4.78 is 5.16. The Kier molecular flexibility index (Phi) is 4.44. The molecule has 8 heteroatoms. The summed E-state index contributed by atoms with van der Waals surface area (Å²) in [4.78, 5) is 22.8. The van der Waals surface area contributed by atoms with Gasteiger partial charge in [0.2, 0.25) is 0 Å². The van der Waals surface area contributed by atoms with E-state index in [0.29, 0.717) is 16.5 Å². The van der Waals surface area contributed by atoms with Crippen molar-refractivity contribution < 1.29 is 9.53 Å². The lowest BCUT2D eigenvalue weighted by atomic mass is 10.2. The Morgan fingerprint density at radius 3 is 2.71 bits per heavy atom. The molecule has 2 aromatic rings. The second-order valence-corrected chi connectivity index (χ2v) is 4.59. The summed E-state index contributed by atoms with van der Waals surface area (Å²) in [5.74, 6) is 0.659. The zero-order chi connectivity index (χ0) is 15.4. The smallest absolute Gasteiger partial charge is 0.325 e. The molecule has 0 spiro atoms. The third kappa shape index (κ3) is 3.73. The van der Waals surface area contributed by atoms with Gasteiger partial charge in [-0.05, 0) is 24.6 Å². The summed E-state index contributed by atoms with van der Waals surface area (Å²) >= 11 is 5.99. The molecule has 0 fully saturated rings. The van der Waals surface area contributed by atoms with Gasteiger partial charge < -0.3 is 10.1 Å². The van der Waals surface area contributed by atoms with Gasteiger partial charge in [-0.1, -0.05) is 11.6 Å². The predicted molar refractivity (Wildman–Crippen MR) is 80.2 cm³/mol. The van der Waals surface area contributed by atoms with Crippen LogP contribution in [0.2, 0.25) is 5.02 Å². The molecule has 0 radical (unpaired) electrons. The van der Waals surface area contributed by atoms with Crippen molar-refractivity contribution in [2.75, 3.05) is 17.7 Å². The molecular formula is C13H13ClN4O3. The van der Waals surface area contributed by atoms with Crippen molar-refractivity contribution in [2.45, 2.75) is 6.92 Å². The van der Waals surface area contributed by atoms with Gasteiger partial charge in [-0.3, -0.25) is 10.1 Å². The molecule has 0 aliphatic rings. The maximum Gasteiger partial charge on any atom is 0.325 e. The second-order valence-electron chi connectivity index (χ2n) is 4.19. The number of amides is 2. The van der Waals surface area contributed by atoms with Crippen LogP contribution in [0.1, 0.15) is 5.56 Å². The second kappa shape index (κ2) is 6.27. The number of anilines is 2. The van der Waals surface area contributed by atoms with Crippen molar-refractivity contribution in [1.82, 2.24) is 10.2 Å². The molecule has 7 nitrogen and oxygen atoms in total. The monoisotopic (exact) mass is 308 g/mol. The van der Waals surface area contributed by atoms with Crippen LogP contribution < -0.4 is 20.9 Å². The standard InChI is InChI=1S/C13H13ClN4O3/c1-7-5-9(10(21-2)6-8(7)14)15-13(20)16-11-3-4-12(19)18-17-11/h3-6H,1-2H3,(H,18,19)(H2,15,16,17,20). The highest BCUT2D eigenvalue weighted by Crippen LogP contribution is 2.30. The Morgan fingerprint density at radius 1 is 1.33 bits per heavy atom. The molecule has 1 heterocycles. The minimum Gasteiger partial charge on any atom is -0.495 e. The van der Waals surface area contributed by atoms with Crippen LogP contribution in [0, 0.1) is 6.92 Å². The van der Waals surface area contributed by atoms with Gasteiger partial charge in [0, 0.05) is 17.2 Å². The minimum atomic E-state index is -0.519. The van der Waals surface area contributed by atoms with E-state index in [-0.39, 0.29) is 11.4 Å². The summed E-state index contributed by atoms with van der Waals surface area (Å²) in [5, 5.41) is 11.5. The van der Waals surface area contributed by atoms with Crippen LogP contribution in [-0.2, 0) is 0 Å². The van der Waals surface area contributed by atoms with Crippen LogP contribution in [0.15, 0.2) is 29.1 Å². The van der Waals surface area contributed by atoms with Crippen molar-refractivity contribution in [3.63, 3.8) is 0 Å². The van der Waals surface area contributed by atoms with Crippen LogP contribution in [-0.4, -0.2) is 23.3 Å². The molecule has 1 aromatic carbocycles. The van der Waals surface area contributed by atoms with Crippen molar-refractivity contribution in [3.8, 4) is 5.75 Å². The first-order valence-electron chi connectivity index (χ1n) is 5.97. The van der Waals surface area contributed by atoms with Gasteiger partial charge in [0.15, 0.2) is 5.82 Å². The van der Waals surface area contributed by atoms with Gasteiger partial charge in [0.05, 0.1) is 12.8 Å². The molecular weight excluding hydrogens is 296 g/mol. The molecule has 21 heavy (non-hydrogen) atoms. The number of nitrogens with zero attached hydrogens (tertiary/aromatic N) is 1. The molecule has 0 saturated heterocycles. The maximum absolute atomic E-state index is 11.9. The topological polar surface area (TPSA) is 96.1 Å². The first-order valence-corrected chi connectivity index (χ1v) is 6.35. The Morgan fingerprint density at radius 2 is 2.10 bits per heavy atom. The van der Waals surface area contributed by atoms with Gasteiger partial charge in [-0.15, -0.1) is 0 Å². The number of benzene rings is 1. The number of hydrogen-bond acceptors (Lipinski definition) is 4. The molecule has 0 bridgehead atoms. The van der Waals surface area contributed by atoms with E-state index < -0.39 is 6.03 Å². The number of rotatable bonds is 3. The van der Waals surface area contributed by atoms with E-state index in [2.05, 4.69) is 20.8 Å². The first-order chi connectivity index (χ1) is 9.99. The fourth-order valence-electron chi connectivity index (χ4n) is 1.61. The van der Waals surface area contributed by atoms with Crippen molar-refractivity contribution in [3.05, 3.63) is 45.2 Å². The number of urea groups is 1. The van der Waals surface area contributed by atoms with E-state index in [9.17, 15) is 9.59 Å². The number of carbonyl (C=O) groups excluding carboxylic acids is 1.